The van der Waals surface area contributed by atoms with Crippen LogP contribution >= 0.6 is 0 Å². The van der Waals surface area contributed by atoms with Crippen LogP contribution in [0.4, 0.5) is 0 Å². The fraction of sp³-hybridized carbons (Fsp3) is 0.375. The van der Waals surface area contributed by atoms with Crippen molar-refractivity contribution in [2.45, 2.75) is 32.2 Å². The fourth-order valence-corrected chi connectivity index (χ4v) is 2.91. The first kappa shape index (κ1) is 12.9. The molecule has 1 aliphatic carbocycles. The number of carbonyl (C=O) groups is 1. The lowest BCUT2D eigenvalue weighted by Crippen LogP contribution is -2.41. The van der Waals surface area contributed by atoms with Crippen LogP contribution in [0.15, 0.2) is 41.1 Å². The molecule has 0 unspecified atom stereocenters. The van der Waals surface area contributed by atoms with Gasteiger partial charge in [-0.2, -0.15) is 0 Å². The van der Waals surface area contributed by atoms with E-state index < -0.39 is 0 Å². The standard InChI is InChI=1S/C16H18N2O2/c1-2-9-18(16(19)15-7-8-17-20-15)14-10-12-5-3-4-6-13(12)11-14/h3-8,14H,2,9-11H2,1H3. The molecular formula is C16H18N2O2. The lowest BCUT2D eigenvalue weighted by Gasteiger charge is -2.27. The van der Waals surface area contributed by atoms with Gasteiger partial charge in [-0.05, 0) is 30.4 Å². The predicted molar refractivity (Wildman–Crippen MR) is 75.5 cm³/mol. The molecule has 104 valence electrons. The summed E-state index contributed by atoms with van der Waals surface area (Å²) in [5.41, 5.74) is 2.70. The Morgan fingerprint density at radius 1 is 1.30 bits per heavy atom. The van der Waals surface area contributed by atoms with Crippen molar-refractivity contribution in [1.29, 1.82) is 0 Å². The third-order valence-electron chi connectivity index (χ3n) is 3.84. The first-order chi connectivity index (χ1) is 9.79. The van der Waals surface area contributed by atoms with Gasteiger partial charge in [0.25, 0.3) is 5.91 Å². The van der Waals surface area contributed by atoms with Gasteiger partial charge in [-0.1, -0.05) is 36.3 Å². The van der Waals surface area contributed by atoms with Crippen LogP contribution in [-0.4, -0.2) is 28.6 Å². The topological polar surface area (TPSA) is 46.3 Å². The minimum Gasteiger partial charge on any atom is -0.351 e. The maximum atomic E-state index is 12.5. The average Bonchev–Trinajstić information content (AvgIpc) is 3.12. The molecule has 1 aromatic heterocycles. The molecule has 4 nitrogen and oxygen atoms in total. The normalized spacial score (nSPS) is 14.2. The summed E-state index contributed by atoms with van der Waals surface area (Å²) in [5.74, 6) is 0.275. The first-order valence-electron chi connectivity index (χ1n) is 7.08. The van der Waals surface area contributed by atoms with E-state index in [1.165, 1.54) is 17.3 Å². The molecule has 1 aromatic carbocycles. The number of hydrogen-bond donors (Lipinski definition) is 0. The molecule has 3 rings (SSSR count). The second kappa shape index (κ2) is 5.49. The van der Waals surface area contributed by atoms with E-state index in [0.717, 1.165) is 25.8 Å². The van der Waals surface area contributed by atoms with Crippen molar-refractivity contribution in [3.05, 3.63) is 53.4 Å². The zero-order valence-electron chi connectivity index (χ0n) is 11.6. The Morgan fingerprint density at radius 3 is 2.55 bits per heavy atom. The maximum absolute atomic E-state index is 12.5. The van der Waals surface area contributed by atoms with Crippen molar-refractivity contribution >= 4 is 5.91 Å². The van der Waals surface area contributed by atoms with Crippen LogP contribution < -0.4 is 0 Å². The lowest BCUT2D eigenvalue weighted by atomic mass is 10.1. The Kier molecular flexibility index (Phi) is 3.54. The summed E-state index contributed by atoms with van der Waals surface area (Å²) >= 11 is 0. The smallest absolute Gasteiger partial charge is 0.292 e. The molecular weight excluding hydrogens is 252 g/mol. The Bertz CT molecular complexity index is 567. The van der Waals surface area contributed by atoms with Crippen LogP contribution in [0.3, 0.4) is 0 Å². The van der Waals surface area contributed by atoms with Crippen LogP contribution in [0.2, 0.25) is 0 Å². The number of benzene rings is 1. The maximum Gasteiger partial charge on any atom is 0.292 e. The Labute approximate surface area is 118 Å². The summed E-state index contributed by atoms with van der Waals surface area (Å²) in [6, 6.07) is 10.3. The monoisotopic (exact) mass is 270 g/mol. The second-order valence-electron chi connectivity index (χ2n) is 5.21. The van der Waals surface area contributed by atoms with E-state index in [1.54, 1.807) is 6.07 Å². The molecule has 0 fully saturated rings. The highest BCUT2D eigenvalue weighted by Gasteiger charge is 2.31. The molecule has 0 aliphatic heterocycles. The van der Waals surface area contributed by atoms with Crippen LogP contribution in [-0.2, 0) is 12.8 Å². The molecule has 2 aromatic rings. The van der Waals surface area contributed by atoms with E-state index in [0.29, 0.717) is 5.76 Å². The summed E-state index contributed by atoms with van der Waals surface area (Å²) in [6.45, 7) is 2.83. The molecule has 0 bridgehead atoms. The SMILES string of the molecule is CCCN(C(=O)c1ccno1)C1Cc2ccccc2C1. The number of rotatable bonds is 4. The van der Waals surface area contributed by atoms with Gasteiger partial charge in [0.15, 0.2) is 0 Å². The van der Waals surface area contributed by atoms with Gasteiger partial charge in [0.2, 0.25) is 5.76 Å². The van der Waals surface area contributed by atoms with Crippen LogP contribution in [0, 0.1) is 0 Å². The number of amides is 1. The van der Waals surface area contributed by atoms with E-state index >= 15 is 0 Å². The van der Waals surface area contributed by atoms with Crippen molar-refractivity contribution in [1.82, 2.24) is 10.1 Å². The molecule has 0 radical (unpaired) electrons. The third-order valence-corrected chi connectivity index (χ3v) is 3.84. The van der Waals surface area contributed by atoms with Crippen LogP contribution in [0.25, 0.3) is 0 Å². The molecule has 0 saturated carbocycles. The van der Waals surface area contributed by atoms with Crippen molar-refractivity contribution in [3.8, 4) is 0 Å². The summed E-state index contributed by atoms with van der Waals surface area (Å²) in [5, 5.41) is 3.63. The minimum absolute atomic E-state index is 0.0536. The van der Waals surface area contributed by atoms with Gasteiger partial charge < -0.3 is 9.42 Å². The van der Waals surface area contributed by atoms with Gasteiger partial charge >= 0.3 is 0 Å². The molecule has 4 heteroatoms. The van der Waals surface area contributed by atoms with Crippen molar-refractivity contribution in [2.75, 3.05) is 6.54 Å². The predicted octanol–water partition coefficient (Wildman–Crippen LogP) is 2.69. The molecule has 0 atom stereocenters. The van der Waals surface area contributed by atoms with Gasteiger partial charge in [-0.3, -0.25) is 4.79 Å². The van der Waals surface area contributed by atoms with Crippen molar-refractivity contribution in [2.24, 2.45) is 0 Å². The summed E-state index contributed by atoms with van der Waals surface area (Å²) in [7, 11) is 0. The number of nitrogens with zero attached hydrogens (tertiary/aromatic N) is 2. The van der Waals surface area contributed by atoms with Gasteiger partial charge in [-0.25, -0.2) is 0 Å². The van der Waals surface area contributed by atoms with E-state index in [1.807, 2.05) is 4.90 Å². The number of hydrogen-bond acceptors (Lipinski definition) is 3. The zero-order chi connectivity index (χ0) is 13.9. The molecule has 0 spiro atoms. The van der Waals surface area contributed by atoms with Crippen LogP contribution in [0.5, 0.6) is 0 Å². The molecule has 1 amide bonds. The van der Waals surface area contributed by atoms with Gasteiger partial charge in [0.05, 0.1) is 6.20 Å². The zero-order valence-corrected chi connectivity index (χ0v) is 11.6. The van der Waals surface area contributed by atoms with E-state index in [2.05, 4.69) is 36.3 Å². The Morgan fingerprint density at radius 2 is 2.00 bits per heavy atom. The molecule has 0 N–H and O–H groups in total. The van der Waals surface area contributed by atoms with Gasteiger partial charge in [-0.15, -0.1) is 0 Å². The summed E-state index contributed by atoms with van der Waals surface area (Å²) in [6.07, 6.45) is 4.31. The summed E-state index contributed by atoms with van der Waals surface area (Å²) in [4.78, 5) is 14.5. The Hall–Kier alpha value is -2.10. The molecule has 20 heavy (non-hydrogen) atoms. The number of fused-ring (bicyclic) bond motifs is 1. The third kappa shape index (κ3) is 2.33. The van der Waals surface area contributed by atoms with Gasteiger partial charge in [0.1, 0.15) is 0 Å². The minimum atomic E-state index is -0.0536. The summed E-state index contributed by atoms with van der Waals surface area (Å²) < 4.78 is 5.02. The van der Waals surface area contributed by atoms with Crippen molar-refractivity contribution in [3.63, 3.8) is 0 Å². The highest BCUT2D eigenvalue weighted by molar-refractivity contribution is 5.91. The number of aromatic nitrogens is 1. The lowest BCUT2D eigenvalue weighted by molar-refractivity contribution is 0.0642. The number of carbonyl (C=O) groups excluding carboxylic acids is 1. The molecule has 1 aliphatic rings. The van der Waals surface area contributed by atoms with E-state index in [-0.39, 0.29) is 11.9 Å². The van der Waals surface area contributed by atoms with Crippen LogP contribution in [0.1, 0.15) is 35.0 Å². The largest absolute Gasteiger partial charge is 0.351 e. The highest BCUT2D eigenvalue weighted by atomic mass is 16.5. The van der Waals surface area contributed by atoms with Crippen molar-refractivity contribution < 1.29 is 9.32 Å². The Balaban J connectivity index is 1.81. The fourth-order valence-electron chi connectivity index (χ4n) is 2.91. The highest BCUT2D eigenvalue weighted by Crippen LogP contribution is 2.26. The van der Waals surface area contributed by atoms with E-state index in [4.69, 9.17) is 4.52 Å². The first-order valence-corrected chi connectivity index (χ1v) is 7.08. The van der Waals surface area contributed by atoms with Gasteiger partial charge in [0, 0.05) is 18.7 Å². The second-order valence-corrected chi connectivity index (χ2v) is 5.21. The molecule has 0 saturated heterocycles. The average molecular weight is 270 g/mol. The molecule has 1 heterocycles. The van der Waals surface area contributed by atoms with E-state index in [9.17, 15) is 4.79 Å². The quantitative estimate of drug-likeness (QED) is 0.858.